The van der Waals surface area contributed by atoms with Crippen LogP contribution in [0.2, 0.25) is 0 Å². The smallest absolute Gasteiger partial charge is 0.223 e. The van der Waals surface area contributed by atoms with Gasteiger partial charge in [0.2, 0.25) is 5.91 Å². The molecule has 1 aromatic carbocycles. The Hall–Kier alpha value is -2.53. The van der Waals surface area contributed by atoms with Crippen molar-refractivity contribution < 1.29 is 4.79 Å². The molecule has 0 bridgehead atoms. The maximum Gasteiger partial charge on any atom is 0.223 e. The molecule has 0 N–H and O–H groups in total. The van der Waals surface area contributed by atoms with E-state index in [-0.39, 0.29) is 5.91 Å². The Morgan fingerprint density at radius 1 is 1.12 bits per heavy atom. The zero-order valence-corrected chi connectivity index (χ0v) is 14.7. The van der Waals surface area contributed by atoms with Gasteiger partial charge in [0.15, 0.2) is 0 Å². The van der Waals surface area contributed by atoms with Gasteiger partial charge in [0.25, 0.3) is 0 Å². The fourth-order valence-corrected chi connectivity index (χ4v) is 3.96. The van der Waals surface area contributed by atoms with Gasteiger partial charge in [0.05, 0.1) is 11.4 Å². The number of hydrogen-bond acceptors (Lipinski definition) is 4. The zero-order chi connectivity index (χ0) is 17.1. The molecule has 3 heterocycles. The maximum atomic E-state index is 12.5. The minimum Gasteiger partial charge on any atom is -0.338 e. The number of nitrogens with zero attached hydrogens (tertiary/aromatic N) is 3. The molecule has 1 amide bonds. The average molecular weight is 349 g/mol. The molecule has 0 radical (unpaired) electrons. The second-order valence-corrected chi connectivity index (χ2v) is 7.05. The third-order valence-electron chi connectivity index (χ3n) is 4.51. The summed E-state index contributed by atoms with van der Waals surface area (Å²) in [5.74, 6) is 0.210. The lowest BCUT2D eigenvalue weighted by molar-refractivity contribution is -0.132. The minimum atomic E-state index is 0.210. The fraction of sp³-hybridized carbons (Fsp3) is 0.250. The van der Waals surface area contributed by atoms with Crippen molar-refractivity contribution in [2.45, 2.75) is 25.8 Å². The predicted molar refractivity (Wildman–Crippen MR) is 99.2 cm³/mol. The van der Waals surface area contributed by atoms with Gasteiger partial charge < -0.3 is 4.90 Å². The minimum absolute atomic E-state index is 0.210. The summed E-state index contributed by atoms with van der Waals surface area (Å²) in [5, 5.41) is 2.94. The van der Waals surface area contributed by atoms with Crippen LogP contribution in [0.25, 0.3) is 10.7 Å². The molecular formula is C20H19N3OS. The fourth-order valence-electron chi connectivity index (χ4n) is 3.13. The molecule has 0 aliphatic carbocycles. The van der Waals surface area contributed by atoms with E-state index in [1.807, 2.05) is 34.5 Å². The van der Waals surface area contributed by atoms with Gasteiger partial charge in [-0.1, -0.05) is 30.3 Å². The third kappa shape index (κ3) is 3.61. The SMILES string of the molecule is O=C(CCc1csc(-c2ccccn2)n1)N1CCc2ccccc2C1. The Bertz CT molecular complexity index is 875. The van der Waals surface area contributed by atoms with Crippen LogP contribution in [0.1, 0.15) is 23.2 Å². The Balaban J connectivity index is 1.36. The summed E-state index contributed by atoms with van der Waals surface area (Å²) in [6.07, 6.45) is 3.91. The number of carbonyl (C=O) groups is 1. The van der Waals surface area contributed by atoms with Crippen LogP contribution in [0.15, 0.2) is 54.0 Å². The van der Waals surface area contributed by atoms with Crippen molar-refractivity contribution in [1.82, 2.24) is 14.9 Å². The lowest BCUT2D eigenvalue weighted by Gasteiger charge is -2.28. The van der Waals surface area contributed by atoms with Gasteiger partial charge >= 0.3 is 0 Å². The van der Waals surface area contributed by atoms with Gasteiger partial charge in [-0.25, -0.2) is 4.98 Å². The van der Waals surface area contributed by atoms with Crippen LogP contribution in [0.5, 0.6) is 0 Å². The lowest BCUT2D eigenvalue weighted by atomic mass is 9.99. The molecule has 1 aliphatic heterocycles. The summed E-state index contributed by atoms with van der Waals surface area (Å²) in [4.78, 5) is 23.5. The topological polar surface area (TPSA) is 46.1 Å². The summed E-state index contributed by atoms with van der Waals surface area (Å²) in [6.45, 7) is 1.54. The zero-order valence-electron chi connectivity index (χ0n) is 13.9. The summed E-state index contributed by atoms with van der Waals surface area (Å²) < 4.78 is 0. The van der Waals surface area contributed by atoms with E-state index in [0.29, 0.717) is 12.8 Å². The number of pyridine rings is 1. The van der Waals surface area contributed by atoms with Crippen LogP contribution in [-0.4, -0.2) is 27.3 Å². The van der Waals surface area contributed by atoms with Gasteiger partial charge in [-0.2, -0.15) is 0 Å². The number of hydrogen-bond donors (Lipinski definition) is 0. The largest absolute Gasteiger partial charge is 0.338 e. The highest BCUT2D eigenvalue weighted by molar-refractivity contribution is 7.13. The van der Waals surface area contributed by atoms with E-state index in [2.05, 4.69) is 28.2 Å². The first-order valence-electron chi connectivity index (χ1n) is 8.50. The summed E-state index contributed by atoms with van der Waals surface area (Å²) >= 11 is 1.58. The molecule has 4 nitrogen and oxygen atoms in total. The highest BCUT2D eigenvalue weighted by atomic mass is 32.1. The highest BCUT2D eigenvalue weighted by Gasteiger charge is 2.20. The van der Waals surface area contributed by atoms with E-state index in [9.17, 15) is 4.79 Å². The van der Waals surface area contributed by atoms with Crippen molar-refractivity contribution in [2.75, 3.05) is 6.54 Å². The Morgan fingerprint density at radius 3 is 2.80 bits per heavy atom. The van der Waals surface area contributed by atoms with Crippen LogP contribution < -0.4 is 0 Å². The highest BCUT2D eigenvalue weighted by Crippen LogP contribution is 2.23. The van der Waals surface area contributed by atoms with Crippen molar-refractivity contribution >= 4 is 17.2 Å². The monoisotopic (exact) mass is 349 g/mol. The molecule has 3 aromatic rings. The first-order chi connectivity index (χ1) is 12.3. The third-order valence-corrected chi connectivity index (χ3v) is 5.43. The van der Waals surface area contributed by atoms with Crippen LogP contribution in [0.3, 0.4) is 0 Å². The molecule has 4 rings (SSSR count). The van der Waals surface area contributed by atoms with Crippen molar-refractivity contribution in [2.24, 2.45) is 0 Å². The quantitative estimate of drug-likeness (QED) is 0.721. The number of aryl methyl sites for hydroxylation is 1. The maximum absolute atomic E-state index is 12.5. The van der Waals surface area contributed by atoms with Gasteiger partial charge in [0.1, 0.15) is 5.01 Å². The molecule has 1 aliphatic rings. The number of fused-ring (bicyclic) bond motifs is 1. The van der Waals surface area contributed by atoms with E-state index < -0.39 is 0 Å². The van der Waals surface area contributed by atoms with Crippen LogP contribution in [0, 0.1) is 0 Å². The van der Waals surface area contributed by atoms with Crippen molar-refractivity contribution in [3.8, 4) is 10.7 Å². The number of benzene rings is 1. The van der Waals surface area contributed by atoms with E-state index in [4.69, 9.17) is 0 Å². The van der Waals surface area contributed by atoms with Crippen LogP contribution in [-0.2, 0) is 24.2 Å². The van der Waals surface area contributed by atoms with Gasteiger partial charge in [-0.15, -0.1) is 11.3 Å². The molecule has 0 saturated heterocycles. The predicted octanol–water partition coefficient (Wildman–Crippen LogP) is 3.72. The molecule has 5 heteroatoms. The summed E-state index contributed by atoms with van der Waals surface area (Å²) in [5.41, 5.74) is 4.49. The van der Waals surface area contributed by atoms with Crippen LogP contribution >= 0.6 is 11.3 Å². The second kappa shape index (κ2) is 7.15. The molecule has 0 atom stereocenters. The standard InChI is InChI=1S/C20H19N3OS/c24-19(23-12-10-15-5-1-2-6-16(15)13-23)9-8-17-14-25-20(22-17)18-7-3-4-11-21-18/h1-7,11,14H,8-10,12-13H2. The number of carbonyl (C=O) groups excluding carboxylic acids is 1. The number of aromatic nitrogens is 2. The van der Waals surface area contributed by atoms with Gasteiger partial charge in [-0.05, 0) is 36.1 Å². The van der Waals surface area contributed by atoms with Crippen molar-refractivity contribution in [3.05, 3.63) is 70.9 Å². The van der Waals surface area contributed by atoms with Crippen molar-refractivity contribution in [3.63, 3.8) is 0 Å². The molecule has 25 heavy (non-hydrogen) atoms. The van der Waals surface area contributed by atoms with E-state index in [1.165, 1.54) is 11.1 Å². The second-order valence-electron chi connectivity index (χ2n) is 6.19. The Labute approximate surface area is 151 Å². The Morgan fingerprint density at radius 2 is 1.96 bits per heavy atom. The number of amides is 1. The molecule has 0 saturated carbocycles. The summed E-state index contributed by atoms with van der Waals surface area (Å²) in [6, 6.07) is 14.2. The first-order valence-corrected chi connectivity index (χ1v) is 9.38. The molecule has 0 fully saturated rings. The number of thiazole rings is 1. The molecule has 2 aromatic heterocycles. The molecule has 126 valence electrons. The van der Waals surface area contributed by atoms with E-state index in [0.717, 1.165) is 35.9 Å². The van der Waals surface area contributed by atoms with E-state index >= 15 is 0 Å². The first kappa shape index (κ1) is 16.0. The Kier molecular flexibility index (Phi) is 4.57. The van der Waals surface area contributed by atoms with Crippen LogP contribution in [0.4, 0.5) is 0 Å². The normalized spacial score (nSPS) is 13.5. The summed E-state index contributed by atoms with van der Waals surface area (Å²) in [7, 11) is 0. The lowest BCUT2D eigenvalue weighted by Crippen LogP contribution is -2.36. The van der Waals surface area contributed by atoms with E-state index in [1.54, 1.807) is 17.5 Å². The van der Waals surface area contributed by atoms with Gasteiger partial charge in [-0.3, -0.25) is 9.78 Å². The molecular weight excluding hydrogens is 330 g/mol. The average Bonchev–Trinajstić information content (AvgIpc) is 3.15. The van der Waals surface area contributed by atoms with Crippen molar-refractivity contribution in [1.29, 1.82) is 0 Å². The molecule has 0 spiro atoms. The van der Waals surface area contributed by atoms with Gasteiger partial charge in [0, 0.05) is 31.1 Å². The number of rotatable bonds is 4. The molecule has 0 unspecified atom stereocenters.